The van der Waals surface area contributed by atoms with Gasteiger partial charge in [0.05, 0.1) is 13.3 Å². The van der Waals surface area contributed by atoms with E-state index in [1.165, 1.54) is 24.6 Å². The molecule has 0 radical (unpaired) electrons. The van der Waals surface area contributed by atoms with Crippen LogP contribution in [0.15, 0.2) is 33.0 Å². The van der Waals surface area contributed by atoms with E-state index < -0.39 is 16.9 Å². The molecule has 0 aliphatic heterocycles. The number of rotatable bonds is 4. The Labute approximate surface area is 137 Å². The summed E-state index contributed by atoms with van der Waals surface area (Å²) in [5, 5.41) is 16.0. The third kappa shape index (κ3) is 2.84. The molecule has 0 bridgehead atoms. The van der Waals surface area contributed by atoms with Gasteiger partial charge in [0.15, 0.2) is 10.8 Å². The van der Waals surface area contributed by atoms with E-state index in [0.29, 0.717) is 0 Å². The highest BCUT2D eigenvalue weighted by atomic mass is 32.2. The van der Waals surface area contributed by atoms with Crippen LogP contribution in [0, 0.1) is 11.3 Å². The molecule has 3 aromatic rings. The first-order chi connectivity index (χ1) is 11.1. The lowest BCUT2D eigenvalue weighted by atomic mass is 10.2. The van der Waals surface area contributed by atoms with Crippen LogP contribution in [0.4, 0.5) is 0 Å². The maximum absolute atomic E-state index is 12.0. The molecule has 0 spiro atoms. The predicted molar refractivity (Wildman–Crippen MR) is 83.3 cm³/mol. The van der Waals surface area contributed by atoms with Crippen molar-refractivity contribution in [3.8, 4) is 6.07 Å². The standard InChI is InChI=1S/C13H9N5O3S2/c1-21-11(19)9(7-2-3-22-6-7)23-12-16-10-8(4-14)5-15-18(10)13(20)17-12/h2-3,5-6,9H,1H3,(H,16,17,20). The minimum absolute atomic E-state index is 0.146. The van der Waals surface area contributed by atoms with Gasteiger partial charge >= 0.3 is 11.7 Å². The molecule has 23 heavy (non-hydrogen) atoms. The minimum Gasteiger partial charge on any atom is -0.468 e. The number of nitriles is 1. The third-order valence-corrected chi connectivity index (χ3v) is 4.79. The van der Waals surface area contributed by atoms with Crippen molar-refractivity contribution in [1.82, 2.24) is 19.6 Å². The van der Waals surface area contributed by atoms with Crippen LogP contribution in [0.1, 0.15) is 16.4 Å². The second-order valence-electron chi connectivity index (χ2n) is 4.33. The van der Waals surface area contributed by atoms with Crippen LogP contribution in [0.2, 0.25) is 0 Å². The quantitative estimate of drug-likeness (QED) is 0.560. The van der Waals surface area contributed by atoms with E-state index in [1.54, 1.807) is 6.07 Å². The number of carbonyl (C=O) groups excluding carboxylic acids is 1. The number of methoxy groups -OCH3 is 1. The van der Waals surface area contributed by atoms with E-state index in [9.17, 15) is 9.59 Å². The number of thiophene rings is 1. The van der Waals surface area contributed by atoms with Crippen molar-refractivity contribution in [1.29, 1.82) is 5.26 Å². The molecule has 0 fully saturated rings. The summed E-state index contributed by atoms with van der Waals surface area (Å²) in [6, 6.07) is 3.72. The molecule has 0 aliphatic rings. The SMILES string of the molecule is COC(=O)C(Sc1nc2c(C#N)cnn2c(=O)[nH]1)c1ccsc1. The number of aromatic amines is 1. The monoisotopic (exact) mass is 347 g/mol. The van der Waals surface area contributed by atoms with Gasteiger partial charge in [-0.3, -0.25) is 9.78 Å². The molecule has 1 unspecified atom stereocenters. The molecule has 1 N–H and O–H groups in total. The molecule has 116 valence electrons. The van der Waals surface area contributed by atoms with Crippen LogP contribution in [0.25, 0.3) is 5.65 Å². The Balaban J connectivity index is 2.04. The molecule has 0 aromatic carbocycles. The average Bonchev–Trinajstić information content (AvgIpc) is 3.21. The summed E-state index contributed by atoms with van der Waals surface area (Å²) in [5.74, 6) is -0.454. The number of thioether (sulfide) groups is 1. The van der Waals surface area contributed by atoms with Crippen molar-refractivity contribution >= 4 is 34.7 Å². The van der Waals surface area contributed by atoms with Crippen LogP contribution in [0.5, 0.6) is 0 Å². The van der Waals surface area contributed by atoms with Gasteiger partial charge in [-0.2, -0.15) is 26.2 Å². The molecule has 3 aromatic heterocycles. The summed E-state index contributed by atoms with van der Waals surface area (Å²) in [7, 11) is 1.30. The minimum atomic E-state index is -0.662. The molecule has 0 saturated carbocycles. The van der Waals surface area contributed by atoms with Gasteiger partial charge in [0.2, 0.25) is 0 Å². The Kier molecular flexibility index (Phi) is 4.14. The highest BCUT2D eigenvalue weighted by Crippen LogP contribution is 2.35. The van der Waals surface area contributed by atoms with E-state index in [2.05, 4.69) is 15.1 Å². The van der Waals surface area contributed by atoms with Gasteiger partial charge in [-0.15, -0.1) is 0 Å². The van der Waals surface area contributed by atoms with Gasteiger partial charge in [0, 0.05) is 0 Å². The summed E-state index contributed by atoms with van der Waals surface area (Å²) < 4.78 is 5.81. The molecule has 0 saturated heterocycles. The molecule has 3 rings (SSSR count). The van der Waals surface area contributed by atoms with Gasteiger partial charge < -0.3 is 4.74 Å². The fourth-order valence-corrected chi connectivity index (χ4v) is 3.65. The zero-order chi connectivity index (χ0) is 16.4. The summed E-state index contributed by atoms with van der Waals surface area (Å²) >= 11 is 2.49. The number of aromatic nitrogens is 4. The topological polar surface area (TPSA) is 113 Å². The number of nitrogens with zero attached hydrogens (tertiary/aromatic N) is 4. The molecule has 1 atom stereocenters. The Morgan fingerprint density at radius 1 is 1.61 bits per heavy atom. The number of carbonyl (C=O) groups is 1. The van der Waals surface area contributed by atoms with E-state index in [0.717, 1.165) is 21.8 Å². The molecule has 0 aliphatic carbocycles. The lowest BCUT2D eigenvalue weighted by molar-refractivity contribution is -0.140. The number of ether oxygens (including phenoxy) is 1. The summed E-state index contributed by atoms with van der Waals surface area (Å²) in [6.07, 6.45) is 1.27. The van der Waals surface area contributed by atoms with Crippen LogP contribution in [0.3, 0.4) is 0 Å². The number of esters is 1. The maximum Gasteiger partial charge on any atom is 0.350 e. The van der Waals surface area contributed by atoms with Crippen molar-refractivity contribution in [3.63, 3.8) is 0 Å². The zero-order valence-electron chi connectivity index (χ0n) is 11.7. The first-order valence-electron chi connectivity index (χ1n) is 6.28. The number of H-pyrrole nitrogens is 1. The van der Waals surface area contributed by atoms with Crippen LogP contribution in [-0.4, -0.2) is 32.7 Å². The summed E-state index contributed by atoms with van der Waals surface area (Å²) in [4.78, 5) is 30.8. The van der Waals surface area contributed by atoms with Gasteiger partial charge in [-0.25, -0.2) is 9.78 Å². The van der Waals surface area contributed by atoms with Crippen molar-refractivity contribution < 1.29 is 9.53 Å². The van der Waals surface area contributed by atoms with Crippen molar-refractivity contribution in [2.75, 3.05) is 7.11 Å². The second-order valence-corrected chi connectivity index (χ2v) is 6.20. The lowest BCUT2D eigenvalue weighted by Crippen LogP contribution is -2.20. The van der Waals surface area contributed by atoms with E-state index >= 15 is 0 Å². The van der Waals surface area contributed by atoms with Gasteiger partial charge in [-0.1, -0.05) is 11.8 Å². The maximum atomic E-state index is 12.0. The molecule has 8 nitrogen and oxygen atoms in total. The number of nitrogens with one attached hydrogen (secondary N) is 1. The predicted octanol–water partition coefficient (Wildman–Crippen LogP) is 1.36. The lowest BCUT2D eigenvalue weighted by Gasteiger charge is -2.12. The number of fused-ring (bicyclic) bond motifs is 1. The van der Waals surface area contributed by atoms with Crippen molar-refractivity contribution in [2.24, 2.45) is 0 Å². The van der Waals surface area contributed by atoms with Crippen molar-refractivity contribution in [3.05, 3.63) is 44.6 Å². The second kappa shape index (κ2) is 6.23. The summed E-state index contributed by atoms with van der Waals surface area (Å²) in [6.45, 7) is 0. The van der Waals surface area contributed by atoms with Crippen LogP contribution < -0.4 is 5.69 Å². The molecule has 0 amide bonds. The van der Waals surface area contributed by atoms with Gasteiger partial charge in [0.25, 0.3) is 0 Å². The fraction of sp³-hybridized carbons (Fsp3) is 0.154. The highest BCUT2D eigenvalue weighted by molar-refractivity contribution is 8.00. The normalized spacial score (nSPS) is 12.0. The molecule has 10 heteroatoms. The Hall–Kier alpha value is -2.64. The molecular formula is C13H9N5O3S2. The smallest absolute Gasteiger partial charge is 0.350 e. The van der Waals surface area contributed by atoms with Crippen LogP contribution >= 0.6 is 23.1 Å². The van der Waals surface area contributed by atoms with Crippen molar-refractivity contribution in [2.45, 2.75) is 10.4 Å². The Bertz CT molecular complexity index is 954. The largest absolute Gasteiger partial charge is 0.468 e. The molecule has 3 heterocycles. The first-order valence-corrected chi connectivity index (χ1v) is 8.11. The van der Waals surface area contributed by atoms with E-state index in [1.807, 2.05) is 16.8 Å². The number of hydrogen-bond acceptors (Lipinski definition) is 8. The Morgan fingerprint density at radius 2 is 2.43 bits per heavy atom. The van der Waals surface area contributed by atoms with Crippen LogP contribution in [-0.2, 0) is 9.53 Å². The highest BCUT2D eigenvalue weighted by Gasteiger charge is 2.25. The average molecular weight is 347 g/mol. The number of hydrogen-bond donors (Lipinski definition) is 1. The fourth-order valence-electron chi connectivity index (χ4n) is 1.90. The van der Waals surface area contributed by atoms with E-state index in [-0.39, 0.29) is 16.4 Å². The first kappa shape index (κ1) is 15.3. The van der Waals surface area contributed by atoms with Gasteiger partial charge in [0.1, 0.15) is 16.9 Å². The third-order valence-electron chi connectivity index (χ3n) is 2.97. The molecular weight excluding hydrogens is 338 g/mol. The zero-order valence-corrected chi connectivity index (χ0v) is 13.3. The summed E-state index contributed by atoms with van der Waals surface area (Å²) in [5.41, 5.74) is 0.548. The van der Waals surface area contributed by atoms with E-state index in [4.69, 9.17) is 10.00 Å². The Morgan fingerprint density at radius 3 is 3.09 bits per heavy atom. The van der Waals surface area contributed by atoms with Gasteiger partial charge in [-0.05, 0) is 22.4 Å².